The fourth-order valence-electron chi connectivity index (χ4n) is 3.09. The summed E-state index contributed by atoms with van der Waals surface area (Å²) in [6, 6.07) is 20.6. The summed E-state index contributed by atoms with van der Waals surface area (Å²) in [6.07, 6.45) is 1.94. The van der Waals surface area contributed by atoms with Gasteiger partial charge in [0.05, 0.1) is 0 Å². The van der Waals surface area contributed by atoms with Crippen LogP contribution in [0.2, 0.25) is 0 Å². The number of amidine groups is 1. The molecule has 0 radical (unpaired) electrons. The van der Waals surface area contributed by atoms with Crippen molar-refractivity contribution in [1.29, 1.82) is 5.41 Å². The Hall–Kier alpha value is -3.47. The average Bonchev–Trinajstić information content (AvgIpc) is 2.72. The number of hydrogen-bond acceptors (Lipinski definition) is 4. The highest BCUT2D eigenvalue weighted by atomic mass is 16.5. The van der Waals surface area contributed by atoms with Crippen molar-refractivity contribution in [2.24, 2.45) is 5.73 Å². The molecule has 0 bridgehead atoms. The highest BCUT2D eigenvalue weighted by Crippen LogP contribution is 2.28. The SMILES string of the molecule is CCCc1cc(-c2ccc(C(=N)N)cc2)ccc1OCCOc1cccc(O)c1. The van der Waals surface area contributed by atoms with Crippen LogP contribution in [0.15, 0.2) is 66.7 Å². The van der Waals surface area contributed by atoms with Gasteiger partial charge in [0, 0.05) is 11.6 Å². The lowest BCUT2D eigenvalue weighted by Gasteiger charge is -2.14. The summed E-state index contributed by atoms with van der Waals surface area (Å²) < 4.78 is 11.6. The lowest BCUT2D eigenvalue weighted by molar-refractivity contribution is 0.215. The van der Waals surface area contributed by atoms with Gasteiger partial charge in [0.25, 0.3) is 0 Å². The van der Waals surface area contributed by atoms with Crippen LogP contribution in [0.3, 0.4) is 0 Å². The van der Waals surface area contributed by atoms with Gasteiger partial charge in [-0.05, 0) is 47.4 Å². The van der Waals surface area contributed by atoms with Crippen molar-refractivity contribution in [3.8, 4) is 28.4 Å². The third-order valence-corrected chi connectivity index (χ3v) is 4.54. The van der Waals surface area contributed by atoms with Crippen LogP contribution in [-0.4, -0.2) is 24.2 Å². The maximum Gasteiger partial charge on any atom is 0.123 e. The van der Waals surface area contributed by atoms with E-state index in [1.54, 1.807) is 24.3 Å². The molecule has 4 N–H and O–H groups in total. The van der Waals surface area contributed by atoms with E-state index in [2.05, 4.69) is 13.0 Å². The molecule has 5 nitrogen and oxygen atoms in total. The first kappa shape index (κ1) is 20.3. The van der Waals surface area contributed by atoms with E-state index in [9.17, 15) is 5.11 Å². The normalized spacial score (nSPS) is 10.5. The Kier molecular flexibility index (Phi) is 6.74. The Morgan fingerprint density at radius 2 is 1.66 bits per heavy atom. The number of rotatable bonds is 9. The molecule has 0 amide bonds. The number of hydrogen-bond donors (Lipinski definition) is 3. The second kappa shape index (κ2) is 9.64. The van der Waals surface area contributed by atoms with E-state index in [0.29, 0.717) is 24.5 Å². The van der Waals surface area contributed by atoms with Gasteiger partial charge in [-0.15, -0.1) is 0 Å². The zero-order valence-corrected chi connectivity index (χ0v) is 16.5. The van der Waals surface area contributed by atoms with Gasteiger partial charge in [-0.2, -0.15) is 0 Å². The van der Waals surface area contributed by atoms with Gasteiger partial charge in [-0.1, -0.05) is 49.7 Å². The molecule has 0 fully saturated rings. The minimum atomic E-state index is 0.0694. The van der Waals surface area contributed by atoms with Crippen LogP contribution >= 0.6 is 0 Å². The summed E-state index contributed by atoms with van der Waals surface area (Å²) in [7, 11) is 0. The van der Waals surface area contributed by atoms with Gasteiger partial charge in [0.1, 0.15) is 36.3 Å². The summed E-state index contributed by atoms with van der Waals surface area (Å²) in [5.41, 5.74) is 9.58. The van der Waals surface area contributed by atoms with Crippen LogP contribution in [0.1, 0.15) is 24.5 Å². The van der Waals surface area contributed by atoms with Gasteiger partial charge >= 0.3 is 0 Å². The largest absolute Gasteiger partial charge is 0.508 e. The van der Waals surface area contributed by atoms with E-state index < -0.39 is 0 Å². The van der Waals surface area contributed by atoms with Crippen LogP contribution in [0.4, 0.5) is 0 Å². The maximum atomic E-state index is 9.48. The second-order valence-corrected chi connectivity index (χ2v) is 6.76. The van der Waals surface area contributed by atoms with E-state index in [1.807, 2.05) is 36.4 Å². The molecule has 0 atom stereocenters. The number of ether oxygens (including phenoxy) is 2. The summed E-state index contributed by atoms with van der Waals surface area (Å²) in [5, 5.41) is 17.0. The summed E-state index contributed by atoms with van der Waals surface area (Å²) >= 11 is 0. The van der Waals surface area contributed by atoms with Crippen molar-refractivity contribution >= 4 is 5.84 Å². The van der Waals surface area contributed by atoms with Crippen LogP contribution in [-0.2, 0) is 6.42 Å². The summed E-state index contributed by atoms with van der Waals surface area (Å²) in [4.78, 5) is 0. The molecular formula is C24H26N2O3. The molecule has 3 rings (SSSR count). The summed E-state index contributed by atoms with van der Waals surface area (Å²) in [5.74, 6) is 1.72. The van der Waals surface area contributed by atoms with E-state index >= 15 is 0 Å². The second-order valence-electron chi connectivity index (χ2n) is 6.76. The van der Waals surface area contributed by atoms with Gasteiger partial charge in [0.2, 0.25) is 0 Å². The number of nitrogens with one attached hydrogen (secondary N) is 1. The molecule has 0 aliphatic rings. The molecule has 0 saturated carbocycles. The predicted molar refractivity (Wildman–Crippen MR) is 116 cm³/mol. The minimum Gasteiger partial charge on any atom is -0.508 e. The molecule has 29 heavy (non-hydrogen) atoms. The standard InChI is InChI=1S/C24H26N2O3/c1-2-4-20-15-19(17-7-9-18(10-8-17)24(25)26)11-12-23(20)29-14-13-28-22-6-3-5-21(27)16-22/h3,5-12,15-16,27H,2,4,13-14H2,1H3,(H3,25,26). The van der Waals surface area contributed by atoms with Crippen molar-refractivity contribution in [3.05, 3.63) is 77.9 Å². The average molecular weight is 390 g/mol. The van der Waals surface area contributed by atoms with Crippen LogP contribution < -0.4 is 15.2 Å². The molecule has 0 saturated heterocycles. The molecule has 0 spiro atoms. The van der Waals surface area contributed by atoms with Gasteiger partial charge in [-0.25, -0.2) is 0 Å². The molecule has 3 aromatic carbocycles. The number of nitrogens with two attached hydrogens (primary N) is 1. The van der Waals surface area contributed by atoms with Crippen LogP contribution in [0.25, 0.3) is 11.1 Å². The number of aryl methyl sites for hydroxylation is 1. The Bertz CT molecular complexity index is 968. The number of nitrogen functional groups attached to an aromatic ring is 1. The monoisotopic (exact) mass is 390 g/mol. The fraction of sp³-hybridized carbons (Fsp3) is 0.208. The number of phenols is 1. The molecule has 5 heteroatoms. The highest BCUT2D eigenvalue weighted by molar-refractivity contribution is 5.95. The molecule has 0 aromatic heterocycles. The Morgan fingerprint density at radius 1 is 0.931 bits per heavy atom. The van der Waals surface area contributed by atoms with E-state index in [1.165, 1.54) is 0 Å². The quantitative estimate of drug-likeness (QED) is 0.279. The minimum absolute atomic E-state index is 0.0694. The zero-order valence-electron chi connectivity index (χ0n) is 16.5. The fourth-order valence-corrected chi connectivity index (χ4v) is 3.09. The predicted octanol–water partition coefficient (Wildman–Crippen LogP) is 4.75. The highest BCUT2D eigenvalue weighted by Gasteiger charge is 2.07. The van der Waals surface area contributed by atoms with Crippen molar-refractivity contribution in [3.63, 3.8) is 0 Å². The van der Waals surface area contributed by atoms with Crippen LogP contribution in [0.5, 0.6) is 17.2 Å². The molecule has 3 aromatic rings. The molecule has 0 unspecified atom stereocenters. The summed E-state index contributed by atoms with van der Waals surface area (Å²) in [6.45, 7) is 2.95. The third kappa shape index (κ3) is 5.51. The van der Waals surface area contributed by atoms with Crippen LogP contribution in [0, 0.1) is 5.41 Å². The lowest BCUT2D eigenvalue weighted by atomic mass is 9.99. The Balaban J connectivity index is 1.66. The maximum absolute atomic E-state index is 9.48. The molecular weight excluding hydrogens is 364 g/mol. The third-order valence-electron chi connectivity index (χ3n) is 4.54. The molecule has 0 heterocycles. The molecule has 0 aliphatic heterocycles. The first-order chi connectivity index (χ1) is 14.1. The van der Waals surface area contributed by atoms with Gasteiger partial charge in [0.15, 0.2) is 0 Å². The van der Waals surface area contributed by atoms with E-state index in [-0.39, 0.29) is 11.6 Å². The van der Waals surface area contributed by atoms with Crippen molar-refractivity contribution < 1.29 is 14.6 Å². The Morgan fingerprint density at radius 3 is 2.34 bits per heavy atom. The van der Waals surface area contributed by atoms with Crippen molar-refractivity contribution in [2.45, 2.75) is 19.8 Å². The number of phenolic OH excluding ortho intramolecular Hbond substituents is 1. The smallest absolute Gasteiger partial charge is 0.123 e. The first-order valence-corrected chi connectivity index (χ1v) is 9.69. The Labute approximate surface area is 171 Å². The van der Waals surface area contributed by atoms with Crippen molar-refractivity contribution in [1.82, 2.24) is 0 Å². The number of aromatic hydroxyl groups is 1. The molecule has 0 aliphatic carbocycles. The van der Waals surface area contributed by atoms with Crippen molar-refractivity contribution in [2.75, 3.05) is 13.2 Å². The zero-order chi connectivity index (χ0) is 20.6. The topological polar surface area (TPSA) is 88.6 Å². The van der Waals surface area contributed by atoms with E-state index in [4.69, 9.17) is 20.6 Å². The lowest BCUT2D eigenvalue weighted by Crippen LogP contribution is -2.10. The van der Waals surface area contributed by atoms with Gasteiger partial charge < -0.3 is 20.3 Å². The first-order valence-electron chi connectivity index (χ1n) is 9.69. The molecule has 150 valence electrons. The number of benzene rings is 3. The van der Waals surface area contributed by atoms with Gasteiger partial charge in [-0.3, -0.25) is 5.41 Å². The van der Waals surface area contributed by atoms with E-state index in [0.717, 1.165) is 35.3 Å².